The third-order valence-corrected chi connectivity index (χ3v) is 5.32. The van der Waals surface area contributed by atoms with Crippen molar-refractivity contribution in [2.75, 3.05) is 14.2 Å². The predicted octanol–water partition coefficient (Wildman–Crippen LogP) is 5.21. The van der Waals surface area contributed by atoms with Crippen molar-refractivity contribution in [2.24, 2.45) is 5.10 Å². The van der Waals surface area contributed by atoms with E-state index >= 15 is 0 Å². The molecular formula is C23H18Br2N2O5. The zero-order valence-electron chi connectivity index (χ0n) is 17.1. The van der Waals surface area contributed by atoms with E-state index in [4.69, 9.17) is 14.2 Å². The molecule has 0 aliphatic carbocycles. The molecule has 0 aromatic heterocycles. The molecule has 0 unspecified atom stereocenters. The summed E-state index contributed by atoms with van der Waals surface area (Å²) in [6, 6.07) is 16.8. The molecule has 9 heteroatoms. The van der Waals surface area contributed by atoms with Crippen molar-refractivity contribution in [3.8, 4) is 17.2 Å². The van der Waals surface area contributed by atoms with Crippen molar-refractivity contribution in [2.45, 2.75) is 0 Å². The van der Waals surface area contributed by atoms with Gasteiger partial charge in [0.15, 0.2) is 11.5 Å². The van der Waals surface area contributed by atoms with Crippen LogP contribution in [-0.4, -0.2) is 32.3 Å². The fourth-order valence-corrected chi connectivity index (χ4v) is 3.59. The highest BCUT2D eigenvalue weighted by atomic mass is 79.9. The Morgan fingerprint density at radius 1 is 0.938 bits per heavy atom. The molecule has 0 saturated carbocycles. The smallest absolute Gasteiger partial charge is 0.343 e. The fourth-order valence-electron chi connectivity index (χ4n) is 2.65. The molecule has 3 rings (SSSR count). The van der Waals surface area contributed by atoms with Gasteiger partial charge in [0.1, 0.15) is 5.75 Å². The minimum atomic E-state index is -0.547. The van der Waals surface area contributed by atoms with Crippen LogP contribution in [0, 0.1) is 0 Å². The number of amides is 1. The second-order valence-corrected chi connectivity index (χ2v) is 8.13. The number of nitrogens with zero attached hydrogens (tertiary/aromatic N) is 1. The molecule has 32 heavy (non-hydrogen) atoms. The number of ether oxygens (including phenoxy) is 3. The first-order valence-corrected chi connectivity index (χ1v) is 10.8. The Bertz CT molecular complexity index is 1160. The van der Waals surface area contributed by atoms with E-state index < -0.39 is 5.97 Å². The van der Waals surface area contributed by atoms with Crippen molar-refractivity contribution >= 4 is 50.0 Å². The Morgan fingerprint density at radius 2 is 1.69 bits per heavy atom. The van der Waals surface area contributed by atoms with Crippen molar-refractivity contribution in [1.82, 2.24) is 5.43 Å². The number of methoxy groups -OCH3 is 2. The molecule has 0 spiro atoms. The third kappa shape index (κ3) is 5.95. The molecule has 0 saturated heterocycles. The van der Waals surface area contributed by atoms with Gasteiger partial charge in [-0.1, -0.05) is 22.0 Å². The summed E-state index contributed by atoms with van der Waals surface area (Å²) in [6.45, 7) is 0. The maximum atomic E-state index is 12.5. The lowest BCUT2D eigenvalue weighted by Gasteiger charge is -2.12. The first kappa shape index (κ1) is 23.5. The van der Waals surface area contributed by atoms with Crippen LogP contribution in [0.3, 0.4) is 0 Å². The highest BCUT2D eigenvalue weighted by molar-refractivity contribution is 9.10. The van der Waals surface area contributed by atoms with Crippen LogP contribution in [0.15, 0.2) is 74.7 Å². The second kappa shape index (κ2) is 10.9. The van der Waals surface area contributed by atoms with Crippen LogP contribution < -0.4 is 19.6 Å². The molecule has 7 nitrogen and oxygen atoms in total. The molecule has 0 fully saturated rings. The summed E-state index contributed by atoms with van der Waals surface area (Å²) in [5.74, 6) is 0.286. The van der Waals surface area contributed by atoms with Crippen molar-refractivity contribution in [3.63, 3.8) is 0 Å². The number of hydrogen-bond acceptors (Lipinski definition) is 6. The molecule has 0 bridgehead atoms. The number of halogens is 2. The summed E-state index contributed by atoms with van der Waals surface area (Å²) in [7, 11) is 3.01. The Kier molecular flexibility index (Phi) is 8.02. The zero-order valence-corrected chi connectivity index (χ0v) is 20.3. The first-order valence-electron chi connectivity index (χ1n) is 9.24. The number of hydrazone groups is 1. The van der Waals surface area contributed by atoms with E-state index in [1.54, 1.807) is 61.7 Å². The van der Waals surface area contributed by atoms with Gasteiger partial charge in [0.2, 0.25) is 0 Å². The van der Waals surface area contributed by atoms with E-state index in [2.05, 4.69) is 42.4 Å². The molecule has 0 radical (unpaired) electrons. The number of carbonyl (C=O) groups excluding carboxylic acids is 2. The summed E-state index contributed by atoms with van der Waals surface area (Å²) in [4.78, 5) is 24.7. The van der Waals surface area contributed by atoms with E-state index in [9.17, 15) is 9.59 Å². The fraction of sp³-hybridized carbons (Fsp3) is 0.0870. The lowest BCUT2D eigenvalue weighted by atomic mass is 10.2. The Hall–Kier alpha value is -3.17. The topological polar surface area (TPSA) is 86.2 Å². The van der Waals surface area contributed by atoms with E-state index in [1.807, 2.05) is 6.07 Å². The Balaban J connectivity index is 1.73. The second-order valence-electron chi connectivity index (χ2n) is 6.36. The van der Waals surface area contributed by atoms with E-state index in [-0.39, 0.29) is 11.7 Å². The number of hydrogen-bond donors (Lipinski definition) is 1. The van der Waals surface area contributed by atoms with Gasteiger partial charge in [0.05, 0.1) is 30.5 Å². The van der Waals surface area contributed by atoms with Gasteiger partial charge in [0.25, 0.3) is 5.91 Å². The summed E-state index contributed by atoms with van der Waals surface area (Å²) < 4.78 is 17.3. The van der Waals surface area contributed by atoms with Crippen molar-refractivity contribution in [1.29, 1.82) is 0 Å². The number of nitrogens with one attached hydrogen (secondary N) is 1. The maximum Gasteiger partial charge on any atom is 0.343 e. The quantitative estimate of drug-likeness (QED) is 0.185. The molecule has 3 aromatic carbocycles. The van der Waals surface area contributed by atoms with Gasteiger partial charge in [-0.25, -0.2) is 10.2 Å². The van der Waals surface area contributed by atoms with E-state index in [1.165, 1.54) is 13.3 Å². The Labute approximate surface area is 201 Å². The largest absolute Gasteiger partial charge is 0.497 e. The number of rotatable bonds is 7. The molecule has 0 heterocycles. The minimum absolute atomic E-state index is 0.226. The molecule has 0 aliphatic heterocycles. The lowest BCUT2D eigenvalue weighted by molar-refractivity contribution is 0.0728. The third-order valence-electron chi connectivity index (χ3n) is 4.24. The van der Waals surface area contributed by atoms with Gasteiger partial charge in [-0.3, -0.25) is 4.79 Å². The average Bonchev–Trinajstić information content (AvgIpc) is 2.80. The predicted molar refractivity (Wildman–Crippen MR) is 128 cm³/mol. The van der Waals surface area contributed by atoms with Crippen LogP contribution in [-0.2, 0) is 0 Å². The van der Waals surface area contributed by atoms with Crippen LogP contribution in [0.4, 0.5) is 0 Å². The summed E-state index contributed by atoms with van der Waals surface area (Å²) in [5, 5.41) is 3.98. The molecule has 0 atom stereocenters. The van der Waals surface area contributed by atoms with Crippen LogP contribution in [0.25, 0.3) is 0 Å². The molecule has 1 amide bonds. The summed E-state index contributed by atoms with van der Waals surface area (Å²) >= 11 is 6.72. The maximum absolute atomic E-state index is 12.5. The van der Waals surface area contributed by atoms with Crippen LogP contribution in [0.1, 0.15) is 26.3 Å². The van der Waals surface area contributed by atoms with Crippen LogP contribution >= 0.6 is 31.9 Å². The monoisotopic (exact) mass is 560 g/mol. The molecule has 1 N–H and O–H groups in total. The van der Waals surface area contributed by atoms with Gasteiger partial charge >= 0.3 is 5.97 Å². The first-order chi connectivity index (χ1) is 15.4. The van der Waals surface area contributed by atoms with Gasteiger partial charge in [-0.15, -0.1) is 0 Å². The van der Waals surface area contributed by atoms with Crippen LogP contribution in [0.2, 0.25) is 0 Å². The summed E-state index contributed by atoms with van der Waals surface area (Å²) in [5.41, 5.74) is 3.92. The van der Waals surface area contributed by atoms with Gasteiger partial charge in [0, 0.05) is 10.0 Å². The van der Waals surface area contributed by atoms with Gasteiger partial charge < -0.3 is 14.2 Å². The normalized spacial score (nSPS) is 10.6. The standard InChI is InChI=1S/C23H18Br2N2O5/c1-30-18-8-6-15(7-9-18)23(29)32-21-19(25)10-14(11-20(21)31-2)13-26-27-22(28)16-4-3-5-17(24)12-16/h3-13H,1-2H3,(H,27,28)/b26-13-. The number of carbonyl (C=O) groups is 2. The van der Waals surface area contributed by atoms with Gasteiger partial charge in [-0.2, -0.15) is 5.10 Å². The summed E-state index contributed by atoms with van der Waals surface area (Å²) in [6.07, 6.45) is 1.46. The number of benzene rings is 3. The molecule has 3 aromatic rings. The average molecular weight is 562 g/mol. The van der Waals surface area contributed by atoms with Gasteiger partial charge in [-0.05, 0) is 76.1 Å². The zero-order chi connectivity index (χ0) is 23.1. The SMILES string of the molecule is COc1ccc(C(=O)Oc2c(Br)cc(/C=N\NC(=O)c3cccc(Br)c3)cc2OC)cc1. The highest BCUT2D eigenvalue weighted by Gasteiger charge is 2.17. The van der Waals surface area contributed by atoms with E-state index in [0.717, 1.165) is 4.47 Å². The molecular weight excluding hydrogens is 544 g/mol. The van der Waals surface area contributed by atoms with Crippen molar-refractivity contribution in [3.05, 3.63) is 86.3 Å². The Morgan fingerprint density at radius 3 is 2.34 bits per heavy atom. The minimum Gasteiger partial charge on any atom is -0.497 e. The van der Waals surface area contributed by atoms with Crippen LogP contribution in [0.5, 0.6) is 17.2 Å². The van der Waals surface area contributed by atoms with Crippen molar-refractivity contribution < 1.29 is 23.8 Å². The van der Waals surface area contributed by atoms with E-state index in [0.29, 0.717) is 32.7 Å². The number of esters is 1. The molecule has 0 aliphatic rings. The highest BCUT2D eigenvalue weighted by Crippen LogP contribution is 2.37. The molecule has 164 valence electrons. The lowest BCUT2D eigenvalue weighted by Crippen LogP contribution is -2.17.